The molecular formula is C8H10N2. The van der Waals surface area contributed by atoms with Gasteiger partial charge >= 0.3 is 0 Å². The minimum absolute atomic E-state index is 0.592. The van der Waals surface area contributed by atoms with Gasteiger partial charge in [-0.25, -0.2) is 0 Å². The van der Waals surface area contributed by atoms with Gasteiger partial charge in [0, 0.05) is 11.9 Å². The number of allylic oxidation sites excluding steroid dienone is 5. The molecule has 2 N–H and O–H groups in total. The fourth-order valence-electron chi connectivity index (χ4n) is 0.629. The number of rotatable bonds is 0. The van der Waals surface area contributed by atoms with E-state index in [9.17, 15) is 0 Å². The summed E-state index contributed by atoms with van der Waals surface area (Å²) in [5.41, 5.74) is 6.33. The summed E-state index contributed by atoms with van der Waals surface area (Å²) in [5.74, 6) is 0. The third kappa shape index (κ3) is 2.31. The standard InChI is InChI=1S/C8H10N2/c9-8-5-3-1-2-4-6-10-7-8/h1-6H,7,9H2/b3-1-,4-2-,8-5+,10-6?. The third-order valence-corrected chi connectivity index (χ3v) is 1.11. The average molecular weight is 134 g/mol. The number of hydrogen-bond donors (Lipinski definition) is 1. The monoisotopic (exact) mass is 134 g/mol. The molecule has 0 spiro atoms. The van der Waals surface area contributed by atoms with Crippen molar-refractivity contribution in [3.8, 4) is 0 Å². The van der Waals surface area contributed by atoms with Crippen molar-refractivity contribution in [2.75, 3.05) is 6.54 Å². The molecule has 0 saturated carbocycles. The molecule has 0 aromatic heterocycles. The van der Waals surface area contributed by atoms with Crippen molar-refractivity contribution in [1.29, 1.82) is 0 Å². The number of nitrogens with zero attached hydrogens (tertiary/aromatic N) is 1. The van der Waals surface area contributed by atoms with Crippen LogP contribution in [-0.2, 0) is 0 Å². The molecule has 0 aromatic rings. The van der Waals surface area contributed by atoms with Crippen LogP contribution in [0, 0.1) is 0 Å². The predicted octanol–water partition coefficient (Wildman–Crippen LogP) is 1.03. The molecule has 1 aliphatic heterocycles. The van der Waals surface area contributed by atoms with Crippen molar-refractivity contribution in [2.45, 2.75) is 0 Å². The van der Waals surface area contributed by atoms with Gasteiger partial charge in [-0.05, 0) is 12.2 Å². The Kier molecular flexibility index (Phi) is 2.49. The zero-order valence-electron chi connectivity index (χ0n) is 5.70. The zero-order valence-corrected chi connectivity index (χ0v) is 5.70. The topological polar surface area (TPSA) is 38.4 Å². The molecule has 0 fully saturated rings. The van der Waals surface area contributed by atoms with Crippen molar-refractivity contribution in [3.63, 3.8) is 0 Å². The Labute approximate surface area is 60.5 Å². The first kappa shape index (κ1) is 6.81. The highest BCUT2D eigenvalue weighted by Crippen LogP contribution is 1.89. The van der Waals surface area contributed by atoms with E-state index in [-0.39, 0.29) is 0 Å². The maximum Gasteiger partial charge on any atom is 0.0784 e. The van der Waals surface area contributed by atoms with E-state index in [0.717, 1.165) is 5.70 Å². The summed E-state index contributed by atoms with van der Waals surface area (Å²) in [6, 6.07) is 0. The minimum atomic E-state index is 0.592. The smallest absolute Gasteiger partial charge is 0.0784 e. The Morgan fingerprint density at radius 3 is 2.90 bits per heavy atom. The number of hydrogen-bond acceptors (Lipinski definition) is 2. The van der Waals surface area contributed by atoms with Crippen molar-refractivity contribution in [2.24, 2.45) is 10.7 Å². The molecule has 1 heterocycles. The maximum atomic E-state index is 5.54. The van der Waals surface area contributed by atoms with Crippen LogP contribution in [-0.4, -0.2) is 12.8 Å². The molecule has 0 saturated heterocycles. The van der Waals surface area contributed by atoms with E-state index in [4.69, 9.17) is 5.73 Å². The summed E-state index contributed by atoms with van der Waals surface area (Å²) in [5, 5.41) is 0. The molecule has 0 unspecified atom stereocenters. The van der Waals surface area contributed by atoms with Gasteiger partial charge in [-0.2, -0.15) is 0 Å². The highest BCUT2D eigenvalue weighted by Gasteiger charge is 1.83. The van der Waals surface area contributed by atoms with Crippen LogP contribution in [0.2, 0.25) is 0 Å². The number of nitrogens with two attached hydrogens (primary N) is 1. The lowest BCUT2D eigenvalue weighted by molar-refractivity contribution is 1.11. The molecule has 1 rings (SSSR count). The summed E-state index contributed by atoms with van der Waals surface area (Å²) >= 11 is 0. The van der Waals surface area contributed by atoms with E-state index in [0.29, 0.717) is 6.54 Å². The second-order valence-electron chi connectivity index (χ2n) is 2.00. The van der Waals surface area contributed by atoms with Crippen LogP contribution in [0.15, 0.2) is 41.1 Å². The van der Waals surface area contributed by atoms with Crippen molar-refractivity contribution in [1.82, 2.24) is 0 Å². The molecule has 0 amide bonds. The summed E-state index contributed by atoms with van der Waals surface area (Å²) in [7, 11) is 0. The van der Waals surface area contributed by atoms with E-state index < -0.39 is 0 Å². The molecular weight excluding hydrogens is 124 g/mol. The first-order valence-corrected chi connectivity index (χ1v) is 3.17. The highest BCUT2D eigenvalue weighted by atomic mass is 14.8. The van der Waals surface area contributed by atoms with Crippen LogP contribution in [0.5, 0.6) is 0 Å². The Bertz CT molecular complexity index is 209. The Morgan fingerprint density at radius 1 is 1.20 bits per heavy atom. The fourth-order valence-corrected chi connectivity index (χ4v) is 0.629. The Morgan fingerprint density at radius 2 is 2.00 bits per heavy atom. The van der Waals surface area contributed by atoms with E-state index in [1.165, 1.54) is 0 Å². The predicted molar refractivity (Wildman–Crippen MR) is 43.9 cm³/mol. The summed E-state index contributed by atoms with van der Waals surface area (Å²) < 4.78 is 0. The van der Waals surface area contributed by atoms with Gasteiger partial charge in [0.05, 0.1) is 6.54 Å². The minimum Gasteiger partial charge on any atom is -0.401 e. The highest BCUT2D eigenvalue weighted by molar-refractivity contribution is 5.71. The quantitative estimate of drug-likeness (QED) is 0.528. The molecule has 0 atom stereocenters. The average Bonchev–Trinajstić information content (AvgIpc) is 2.02. The van der Waals surface area contributed by atoms with Crippen LogP contribution in [0.25, 0.3) is 0 Å². The second kappa shape index (κ2) is 3.67. The van der Waals surface area contributed by atoms with E-state index in [1.807, 2.05) is 30.4 Å². The van der Waals surface area contributed by atoms with Crippen molar-refractivity contribution < 1.29 is 0 Å². The van der Waals surface area contributed by atoms with Crippen molar-refractivity contribution >= 4 is 6.21 Å². The lowest BCUT2D eigenvalue weighted by Gasteiger charge is -1.90. The van der Waals surface area contributed by atoms with Gasteiger partial charge in [0.15, 0.2) is 0 Å². The first-order valence-electron chi connectivity index (χ1n) is 3.17. The molecule has 2 heteroatoms. The second-order valence-corrected chi connectivity index (χ2v) is 2.00. The van der Waals surface area contributed by atoms with Crippen LogP contribution >= 0.6 is 0 Å². The molecule has 52 valence electrons. The first-order chi connectivity index (χ1) is 4.89. The van der Waals surface area contributed by atoms with E-state index in [1.54, 1.807) is 6.21 Å². The van der Waals surface area contributed by atoms with Gasteiger partial charge in [-0.15, -0.1) is 0 Å². The molecule has 0 bridgehead atoms. The third-order valence-electron chi connectivity index (χ3n) is 1.11. The molecule has 2 nitrogen and oxygen atoms in total. The van der Waals surface area contributed by atoms with E-state index >= 15 is 0 Å². The molecule has 10 heavy (non-hydrogen) atoms. The van der Waals surface area contributed by atoms with Crippen molar-refractivity contribution in [3.05, 3.63) is 36.1 Å². The number of aliphatic imine (C=N–C) groups is 1. The van der Waals surface area contributed by atoms with Crippen LogP contribution in [0.1, 0.15) is 0 Å². The summed E-state index contributed by atoms with van der Waals surface area (Å²) in [6.45, 7) is 0.592. The normalized spacial score (nSPS) is 29.0. The molecule has 0 aliphatic carbocycles. The Balaban J connectivity index is 2.70. The van der Waals surface area contributed by atoms with Gasteiger partial charge in [0.1, 0.15) is 0 Å². The lowest BCUT2D eigenvalue weighted by atomic mass is 10.4. The summed E-state index contributed by atoms with van der Waals surface area (Å²) in [6.07, 6.45) is 11.2. The van der Waals surface area contributed by atoms with Crippen LogP contribution < -0.4 is 5.73 Å². The Hall–Kier alpha value is -1.31. The van der Waals surface area contributed by atoms with Gasteiger partial charge in [-0.3, -0.25) is 4.99 Å². The SMILES string of the molecule is N/C1=C/C=C\C=C/C=NC1. The van der Waals surface area contributed by atoms with Gasteiger partial charge in [-0.1, -0.05) is 18.2 Å². The van der Waals surface area contributed by atoms with Crippen LogP contribution in [0.4, 0.5) is 0 Å². The van der Waals surface area contributed by atoms with E-state index in [2.05, 4.69) is 4.99 Å². The summed E-state index contributed by atoms with van der Waals surface area (Å²) in [4.78, 5) is 4.03. The lowest BCUT2D eigenvalue weighted by Crippen LogP contribution is -1.99. The van der Waals surface area contributed by atoms with Gasteiger partial charge in [0.2, 0.25) is 0 Å². The zero-order chi connectivity index (χ0) is 7.23. The largest absolute Gasteiger partial charge is 0.401 e. The molecule has 1 aliphatic rings. The van der Waals surface area contributed by atoms with Gasteiger partial charge < -0.3 is 5.73 Å². The fraction of sp³-hybridized carbons (Fsp3) is 0.125. The molecule has 0 radical (unpaired) electrons. The maximum absolute atomic E-state index is 5.54. The van der Waals surface area contributed by atoms with Gasteiger partial charge in [0.25, 0.3) is 0 Å². The van der Waals surface area contributed by atoms with Crippen LogP contribution in [0.3, 0.4) is 0 Å². The molecule has 0 aromatic carbocycles.